The molecule has 1 heterocycles. The second-order valence-corrected chi connectivity index (χ2v) is 2.26. The second kappa shape index (κ2) is 2.58. The molecule has 5 nitrogen and oxygen atoms in total. The van der Waals surface area contributed by atoms with Crippen LogP contribution in [0.3, 0.4) is 0 Å². The van der Waals surface area contributed by atoms with E-state index in [-0.39, 0.29) is 11.1 Å². The Morgan fingerprint density at radius 3 is 2.58 bits per heavy atom. The molecule has 0 aliphatic heterocycles. The number of aromatic nitrogens is 1. The number of nitrogens with zero attached hydrogens (tertiary/aromatic N) is 1. The van der Waals surface area contributed by atoms with Crippen molar-refractivity contribution < 1.29 is 10.2 Å². The molecule has 0 aliphatic carbocycles. The van der Waals surface area contributed by atoms with Crippen molar-refractivity contribution in [2.45, 2.75) is 6.92 Å². The summed E-state index contributed by atoms with van der Waals surface area (Å²) in [6.07, 6.45) is 0. The number of hydrogen-bond donors (Lipinski definition) is 3. The number of rotatable bonds is 0. The number of aromatic hydroxyl groups is 2. The van der Waals surface area contributed by atoms with E-state index in [1.54, 1.807) is 0 Å². The minimum atomic E-state index is -0.793. The van der Waals surface area contributed by atoms with Gasteiger partial charge in [0.1, 0.15) is 11.8 Å². The van der Waals surface area contributed by atoms with Crippen molar-refractivity contribution in [3.63, 3.8) is 0 Å². The Bertz CT molecular complexity index is 414. The van der Waals surface area contributed by atoms with Crippen LogP contribution in [0.1, 0.15) is 11.1 Å². The summed E-state index contributed by atoms with van der Waals surface area (Å²) in [5.41, 5.74) is -1.09. The lowest BCUT2D eigenvalue weighted by molar-refractivity contribution is 0.424. The molecule has 0 aromatic carbocycles. The minimum absolute atomic E-state index is 0.0890. The van der Waals surface area contributed by atoms with Gasteiger partial charge in [0.15, 0.2) is 11.4 Å². The third-order valence-electron chi connectivity index (χ3n) is 1.52. The normalized spacial score (nSPS) is 9.33. The first-order chi connectivity index (χ1) is 5.57. The monoisotopic (exact) mass is 166 g/mol. The zero-order valence-corrected chi connectivity index (χ0v) is 6.25. The SMILES string of the molecule is Cc1c(O)[nH]c(=O)c(C#N)c1O. The highest BCUT2D eigenvalue weighted by Gasteiger charge is 2.12. The summed E-state index contributed by atoms with van der Waals surface area (Å²) in [5, 5.41) is 26.5. The number of nitrogens with one attached hydrogen (secondary N) is 1. The van der Waals surface area contributed by atoms with Crippen LogP contribution in [0.4, 0.5) is 0 Å². The van der Waals surface area contributed by atoms with Crippen molar-refractivity contribution in [1.82, 2.24) is 4.98 Å². The maximum absolute atomic E-state index is 10.8. The topological polar surface area (TPSA) is 97.1 Å². The molecule has 62 valence electrons. The highest BCUT2D eigenvalue weighted by molar-refractivity contribution is 5.48. The molecule has 0 saturated heterocycles. The number of nitriles is 1. The van der Waals surface area contributed by atoms with Crippen LogP contribution in [-0.2, 0) is 0 Å². The van der Waals surface area contributed by atoms with Crippen molar-refractivity contribution in [2.24, 2.45) is 0 Å². The van der Waals surface area contributed by atoms with Crippen LogP contribution in [0.2, 0.25) is 0 Å². The maximum Gasteiger partial charge on any atom is 0.272 e. The molecular formula is C7H6N2O3. The van der Waals surface area contributed by atoms with E-state index < -0.39 is 17.2 Å². The highest BCUT2D eigenvalue weighted by atomic mass is 16.3. The van der Waals surface area contributed by atoms with Gasteiger partial charge in [-0.05, 0) is 6.92 Å². The first-order valence-electron chi connectivity index (χ1n) is 3.12. The van der Waals surface area contributed by atoms with Gasteiger partial charge in [-0.25, -0.2) is 0 Å². The summed E-state index contributed by atoms with van der Waals surface area (Å²) in [6, 6.07) is 1.53. The van der Waals surface area contributed by atoms with Crippen molar-refractivity contribution in [3.05, 3.63) is 21.5 Å². The summed E-state index contributed by atoms with van der Waals surface area (Å²) in [6.45, 7) is 1.39. The van der Waals surface area contributed by atoms with Crippen molar-refractivity contribution in [1.29, 1.82) is 5.26 Å². The van der Waals surface area contributed by atoms with Gasteiger partial charge in [0, 0.05) is 0 Å². The Kier molecular flexibility index (Phi) is 1.75. The summed E-state index contributed by atoms with van der Waals surface area (Å²) >= 11 is 0. The average Bonchev–Trinajstić information content (AvgIpc) is 2.01. The molecule has 0 unspecified atom stereocenters. The van der Waals surface area contributed by atoms with Gasteiger partial charge in [-0.3, -0.25) is 9.78 Å². The van der Waals surface area contributed by atoms with Crippen LogP contribution in [-0.4, -0.2) is 15.2 Å². The Hall–Kier alpha value is -1.96. The van der Waals surface area contributed by atoms with Gasteiger partial charge in [0.05, 0.1) is 5.56 Å². The van der Waals surface area contributed by atoms with E-state index in [2.05, 4.69) is 0 Å². The molecule has 0 atom stereocenters. The fourth-order valence-electron chi connectivity index (χ4n) is 0.775. The number of H-pyrrole nitrogens is 1. The minimum Gasteiger partial charge on any atom is -0.506 e. The van der Waals surface area contributed by atoms with Gasteiger partial charge in [-0.1, -0.05) is 0 Å². The molecule has 0 spiro atoms. The first kappa shape index (κ1) is 8.14. The van der Waals surface area contributed by atoms with Crippen LogP contribution in [0, 0.1) is 18.3 Å². The predicted molar refractivity (Wildman–Crippen MR) is 39.8 cm³/mol. The summed E-state index contributed by atoms with van der Waals surface area (Å²) < 4.78 is 0. The van der Waals surface area contributed by atoms with Crippen LogP contribution in [0.5, 0.6) is 11.6 Å². The summed E-state index contributed by atoms with van der Waals surface area (Å²) in [4.78, 5) is 12.9. The average molecular weight is 166 g/mol. The van der Waals surface area contributed by atoms with Gasteiger partial charge < -0.3 is 10.2 Å². The van der Waals surface area contributed by atoms with Gasteiger partial charge in [-0.15, -0.1) is 0 Å². The molecule has 1 aromatic rings. The molecule has 3 N–H and O–H groups in total. The van der Waals surface area contributed by atoms with E-state index >= 15 is 0 Å². The molecule has 0 amide bonds. The Morgan fingerprint density at radius 2 is 2.08 bits per heavy atom. The molecule has 0 bridgehead atoms. The second-order valence-electron chi connectivity index (χ2n) is 2.26. The summed E-state index contributed by atoms with van der Waals surface area (Å²) in [7, 11) is 0. The van der Waals surface area contributed by atoms with Crippen molar-refractivity contribution >= 4 is 0 Å². The molecule has 0 radical (unpaired) electrons. The largest absolute Gasteiger partial charge is 0.506 e. The lowest BCUT2D eigenvalue weighted by Crippen LogP contribution is -2.10. The lowest BCUT2D eigenvalue weighted by atomic mass is 10.2. The van der Waals surface area contributed by atoms with Crippen molar-refractivity contribution in [2.75, 3.05) is 0 Å². The van der Waals surface area contributed by atoms with Crippen LogP contribution in [0.15, 0.2) is 4.79 Å². The third kappa shape index (κ3) is 0.992. The molecule has 1 aromatic heterocycles. The van der Waals surface area contributed by atoms with Crippen LogP contribution < -0.4 is 5.56 Å². The highest BCUT2D eigenvalue weighted by Crippen LogP contribution is 2.23. The molecule has 1 rings (SSSR count). The number of hydrogen-bond acceptors (Lipinski definition) is 4. The zero-order chi connectivity index (χ0) is 9.30. The van der Waals surface area contributed by atoms with E-state index in [0.29, 0.717) is 0 Å². The fourth-order valence-corrected chi connectivity index (χ4v) is 0.775. The van der Waals surface area contributed by atoms with Gasteiger partial charge in [0.25, 0.3) is 5.56 Å². The van der Waals surface area contributed by atoms with E-state index in [1.807, 2.05) is 4.98 Å². The van der Waals surface area contributed by atoms with Crippen molar-refractivity contribution in [3.8, 4) is 17.7 Å². The molecule has 5 heteroatoms. The quantitative estimate of drug-likeness (QED) is 0.504. The predicted octanol–water partition coefficient (Wildman–Crippen LogP) is -0.0338. The number of aromatic amines is 1. The van der Waals surface area contributed by atoms with E-state index in [1.165, 1.54) is 13.0 Å². The molecular weight excluding hydrogens is 160 g/mol. The molecule has 0 saturated carbocycles. The van der Waals surface area contributed by atoms with Gasteiger partial charge in [0.2, 0.25) is 0 Å². The molecule has 0 fully saturated rings. The van der Waals surface area contributed by atoms with Gasteiger partial charge in [-0.2, -0.15) is 5.26 Å². The summed E-state index contributed by atoms with van der Waals surface area (Å²) in [5.74, 6) is -0.893. The Labute approximate surface area is 67.5 Å². The maximum atomic E-state index is 10.8. The number of pyridine rings is 1. The third-order valence-corrected chi connectivity index (χ3v) is 1.52. The van der Waals surface area contributed by atoms with E-state index in [0.717, 1.165) is 0 Å². The Balaban J connectivity index is 3.66. The molecule has 0 aliphatic rings. The fraction of sp³-hybridized carbons (Fsp3) is 0.143. The van der Waals surface area contributed by atoms with Crippen LogP contribution >= 0.6 is 0 Å². The van der Waals surface area contributed by atoms with E-state index in [4.69, 9.17) is 15.5 Å². The zero-order valence-electron chi connectivity index (χ0n) is 6.25. The van der Waals surface area contributed by atoms with Crippen LogP contribution in [0.25, 0.3) is 0 Å². The molecule has 12 heavy (non-hydrogen) atoms. The standard InChI is InChI=1S/C7H6N2O3/c1-3-5(10)4(2-8)7(12)9-6(3)11/h1H3,(H3,9,10,11,12). The lowest BCUT2D eigenvalue weighted by Gasteiger charge is -2.01. The Morgan fingerprint density at radius 1 is 1.50 bits per heavy atom. The van der Waals surface area contributed by atoms with E-state index in [9.17, 15) is 4.79 Å². The van der Waals surface area contributed by atoms with Gasteiger partial charge >= 0.3 is 0 Å². The first-order valence-corrected chi connectivity index (χ1v) is 3.12. The smallest absolute Gasteiger partial charge is 0.272 e.